The van der Waals surface area contributed by atoms with Crippen molar-refractivity contribution in [3.8, 4) is 0 Å². The number of hydrogen-bond donors (Lipinski definition) is 0. The lowest BCUT2D eigenvalue weighted by Crippen LogP contribution is -2.50. The van der Waals surface area contributed by atoms with Crippen LogP contribution in [0.5, 0.6) is 0 Å². The van der Waals surface area contributed by atoms with Gasteiger partial charge in [0.25, 0.3) is 0 Å². The maximum absolute atomic E-state index is 12.9. The van der Waals surface area contributed by atoms with Gasteiger partial charge in [-0.2, -0.15) is 0 Å². The minimum absolute atomic E-state index is 0.0821. The Morgan fingerprint density at radius 2 is 1.75 bits per heavy atom. The van der Waals surface area contributed by atoms with Crippen LogP contribution in [0.2, 0.25) is 0 Å². The second kappa shape index (κ2) is 7.35. The molecule has 0 N–H and O–H groups in total. The Labute approximate surface area is 171 Å². The van der Waals surface area contributed by atoms with E-state index in [0.717, 1.165) is 25.7 Å². The van der Waals surface area contributed by atoms with Crippen molar-refractivity contribution in [3.05, 3.63) is 0 Å². The van der Waals surface area contributed by atoms with Gasteiger partial charge in [-0.15, -0.1) is 0 Å². The molecule has 1 saturated heterocycles. The van der Waals surface area contributed by atoms with Gasteiger partial charge in [0.2, 0.25) is 0 Å². The van der Waals surface area contributed by atoms with Crippen LogP contribution in [0.4, 0.5) is 0 Å². The van der Waals surface area contributed by atoms with Crippen molar-refractivity contribution in [2.75, 3.05) is 13.2 Å². The molecule has 160 valence electrons. The van der Waals surface area contributed by atoms with Crippen molar-refractivity contribution in [2.45, 2.75) is 103 Å². The quantitative estimate of drug-likeness (QED) is 0.665. The van der Waals surface area contributed by atoms with Gasteiger partial charge in [-0.25, -0.2) is 0 Å². The second-order valence-electron chi connectivity index (χ2n) is 11.3. The smallest absolute Gasteiger partial charge is 0.165 e. The molecule has 5 unspecified atom stereocenters. The predicted octanol–water partition coefficient (Wildman–Crippen LogP) is 5.13. The topological polar surface area (TPSA) is 44.8 Å². The molecular formula is C24H40O4. The minimum Gasteiger partial charge on any atom is -0.372 e. The number of ether oxygens (including phenoxy) is 3. The molecule has 6 atom stereocenters. The van der Waals surface area contributed by atoms with Gasteiger partial charge in [-0.1, -0.05) is 6.92 Å². The monoisotopic (exact) mass is 392 g/mol. The second-order valence-corrected chi connectivity index (χ2v) is 11.3. The first kappa shape index (κ1) is 20.8. The van der Waals surface area contributed by atoms with Crippen LogP contribution >= 0.6 is 0 Å². The van der Waals surface area contributed by atoms with Crippen LogP contribution in [-0.4, -0.2) is 36.5 Å². The zero-order valence-electron chi connectivity index (χ0n) is 18.6. The number of hydrogen-bond acceptors (Lipinski definition) is 4. The van der Waals surface area contributed by atoms with E-state index >= 15 is 0 Å². The highest BCUT2D eigenvalue weighted by molar-refractivity contribution is 5.82. The number of ketones is 1. The normalized spacial score (nSPS) is 43.0. The summed E-state index contributed by atoms with van der Waals surface area (Å²) in [6.07, 6.45) is 8.81. The molecule has 3 aliphatic carbocycles. The molecule has 0 bridgehead atoms. The van der Waals surface area contributed by atoms with Crippen LogP contribution in [0.15, 0.2) is 0 Å². The molecule has 1 aliphatic heterocycles. The first-order chi connectivity index (χ1) is 13.1. The molecule has 0 radical (unpaired) electrons. The summed E-state index contributed by atoms with van der Waals surface area (Å²) in [5.41, 5.74) is 0.199. The maximum Gasteiger partial charge on any atom is 0.165 e. The van der Waals surface area contributed by atoms with Gasteiger partial charge in [0, 0.05) is 18.8 Å². The lowest BCUT2D eigenvalue weighted by molar-refractivity contribution is -0.159. The third kappa shape index (κ3) is 3.81. The third-order valence-corrected chi connectivity index (χ3v) is 8.36. The highest BCUT2D eigenvalue weighted by Gasteiger charge is 2.57. The van der Waals surface area contributed by atoms with Gasteiger partial charge in [-0.3, -0.25) is 4.79 Å². The molecule has 0 aromatic heterocycles. The summed E-state index contributed by atoms with van der Waals surface area (Å²) in [5.74, 6) is 2.17. The average molecular weight is 393 g/mol. The lowest BCUT2D eigenvalue weighted by Gasteiger charge is -2.52. The maximum atomic E-state index is 12.9. The zero-order chi connectivity index (χ0) is 20.2. The van der Waals surface area contributed by atoms with Crippen LogP contribution in [0.25, 0.3) is 0 Å². The van der Waals surface area contributed by atoms with Gasteiger partial charge in [-0.05, 0) is 89.4 Å². The number of carbonyl (C=O) groups excluding carboxylic acids is 1. The molecule has 4 aliphatic rings. The Kier molecular flexibility index (Phi) is 5.46. The number of rotatable bonds is 4. The highest BCUT2D eigenvalue weighted by Crippen LogP contribution is 2.61. The molecule has 4 fully saturated rings. The Bertz CT molecular complexity index is 588. The molecule has 0 spiro atoms. The van der Waals surface area contributed by atoms with Crippen molar-refractivity contribution < 1.29 is 19.0 Å². The zero-order valence-corrected chi connectivity index (χ0v) is 18.6. The highest BCUT2D eigenvalue weighted by atomic mass is 16.7. The lowest BCUT2D eigenvalue weighted by atomic mass is 9.53. The van der Waals surface area contributed by atoms with Gasteiger partial charge >= 0.3 is 0 Å². The third-order valence-electron chi connectivity index (χ3n) is 8.36. The van der Waals surface area contributed by atoms with E-state index in [0.29, 0.717) is 42.9 Å². The van der Waals surface area contributed by atoms with E-state index in [4.69, 9.17) is 14.2 Å². The fourth-order valence-corrected chi connectivity index (χ4v) is 7.03. The van der Waals surface area contributed by atoms with Crippen molar-refractivity contribution in [2.24, 2.45) is 29.1 Å². The first-order valence-corrected chi connectivity index (χ1v) is 11.6. The summed E-state index contributed by atoms with van der Waals surface area (Å²) in [7, 11) is 0. The molecule has 4 heteroatoms. The van der Waals surface area contributed by atoms with E-state index in [1.165, 1.54) is 25.7 Å². The standard InChI is InChI=1S/C24H40O4/c1-22(2,3)28-21-9-7-19-17-6-8-20(25)18(16(17)10-12-23(19,21)4)11-13-24(5)26-14-15-27-24/h16-19,21H,6-15H2,1-5H3/t16?,17?,18?,19?,21-,23?/m1/s1. The summed E-state index contributed by atoms with van der Waals surface area (Å²) in [4.78, 5) is 12.9. The van der Waals surface area contributed by atoms with Crippen molar-refractivity contribution in [3.63, 3.8) is 0 Å². The first-order valence-electron chi connectivity index (χ1n) is 11.6. The Balaban J connectivity index is 1.46. The van der Waals surface area contributed by atoms with Crippen LogP contribution < -0.4 is 0 Å². The Morgan fingerprint density at radius 3 is 2.43 bits per heavy atom. The van der Waals surface area contributed by atoms with Crippen molar-refractivity contribution in [1.82, 2.24) is 0 Å². The van der Waals surface area contributed by atoms with Gasteiger partial charge in [0.05, 0.1) is 24.9 Å². The molecule has 0 amide bonds. The van der Waals surface area contributed by atoms with Crippen LogP contribution in [-0.2, 0) is 19.0 Å². The largest absolute Gasteiger partial charge is 0.372 e. The Morgan fingerprint density at radius 1 is 1.04 bits per heavy atom. The molecule has 0 aromatic carbocycles. The predicted molar refractivity (Wildman–Crippen MR) is 109 cm³/mol. The molecule has 0 aromatic rings. The van der Waals surface area contributed by atoms with Crippen LogP contribution in [0.1, 0.15) is 86.0 Å². The number of carbonyl (C=O) groups is 1. The van der Waals surface area contributed by atoms with Crippen LogP contribution in [0, 0.1) is 29.1 Å². The molecule has 4 nitrogen and oxygen atoms in total. The van der Waals surface area contributed by atoms with Gasteiger partial charge in [0.1, 0.15) is 5.78 Å². The van der Waals surface area contributed by atoms with Crippen molar-refractivity contribution >= 4 is 5.78 Å². The molecule has 28 heavy (non-hydrogen) atoms. The fraction of sp³-hybridized carbons (Fsp3) is 0.958. The number of Topliss-reactive ketones (excluding diaryl/α,β-unsaturated/α-hetero) is 1. The Hall–Kier alpha value is -0.450. The summed E-state index contributed by atoms with van der Waals surface area (Å²) in [6.45, 7) is 12.4. The van der Waals surface area contributed by atoms with E-state index < -0.39 is 5.79 Å². The fourth-order valence-electron chi connectivity index (χ4n) is 7.03. The number of fused-ring (bicyclic) bond motifs is 3. The van der Waals surface area contributed by atoms with E-state index in [9.17, 15) is 4.79 Å². The van der Waals surface area contributed by atoms with Gasteiger partial charge in [0.15, 0.2) is 5.79 Å². The van der Waals surface area contributed by atoms with E-state index in [2.05, 4.69) is 27.7 Å². The minimum atomic E-state index is -0.477. The molecule has 3 saturated carbocycles. The summed E-state index contributed by atoms with van der Waals surface area (Å²) in [5, 5.41) is 0. The summed E-state index contributed by atoms with van der Waals surface area (Å²) >= 11 is 0. The van der Waals surface area contributed by atoms with E-state index in [-0.39, 0.29) is 16.9 Å². The average Bonchev–Trinajstić information content (AvgIpc) is 3.17. The van der Waals surface area contributed by atoms with E-state index in [1.54, 1.807) is 0 Å². The molecular weight excluding hydrogens is 352 g/mol. The molecule has 4 rings (SSSR count). The summed E-state index contributed by atoms with van der Waals surface area (Å²) in [6, 6.07) is 0. The van der Waals surface area contributed by atoms with E-state index in [1.807, 2.05) is 6.92 Å². The summed E-state index contributed by atoms with van der Waals surface area (Å²) < 4.78 is 18.1. The van der Waals surface area contributed by atoms with Gasteiger partial charge < -0.3 is 14.2 Å². The van der Waals surface area contributed by atoms with Crippen molar-refractivity contribution in [1.29, 1.82) is 0 Å². The SMILES string of the molecule is CC(C)(C)O[C@@H]1CCC2C3CCC(=O)C(CCC4(C)OCCO4)C3CCC21C. The molecule has 1 heterocycles. The van der Waals surface area contributed by atoms with Crippen LogP contribution in [0.3, 0.4) is 0 Å².